The van der Waals surface area contributed by atoms with Gasteiger partial charge in [0.1, 0.15) is 0 Å². The fourth-order valence-corrected chi connectivity index (χ4v) is 2.87. The van der Waals surface area contributed by atoms with E-state index in [0.29, 0.717) is 0 Å². The van der Waals surface area contributed by atoms with Gasteiger partial charge in [0.2, 0.25) is 0 Å². The van der Waals surface area contributed by atoms with Gasteiger partial charge in [0, 0.05) is 16.6 Å². The maximum absolute atomic E-state index is 6.05. The summed E-state index contributed by atoms with van der Waals surface area (Å²) in [6.45, 7) is 4.10. The Morgan fingerprint density at radius 3 is 2.55 bits per heavy atom. The number of hydrogen-bond donors (Lipinski definition) is 1. The molecule has 0 saturated heterocycles. The van der Waals surface area contributed by atoms with E-state index < -0.39 is 0 Å². The summed E-state index contributed by atoms with van der Waals surface area (Å²) in [5.74, 6) is 0.818. The third-order valence-corrected chi connectivity index (χ3v) is 4.14. The van der Waals surface area contributed by atoms with Crippen molar-refractivity contribution in [2.75, 3.05) is 5.73 Å². The van der Waals surface area contributed by atoms with Gasteiger partial charge in [-0.05, 0) is 43.2 Å². The quantitative estimate of drug-likeness (QED) is 0.543. The molecule has 2 aromatic heterocycles. The van der Waals surface area contributed by atoms with Crippen LogP contribution in [0.25, 0.3) is 27.9 Å². The second-order valence-electron chi connectivity index (χ2n) is 5.63. The van der Waals surface area contributed by atoms with Crippen LogP contribution in [-0.4, -0.2) is 14.6 Å². The first kappa shape index (κ1) is 12.8. The Bertz CT molecular complexity index is 1010. The van der Waals surface area contributed by atoms with E-state index >= 15 is 0 Å². The number of hydrogen-bond acceptors (Lipinski definition) is 3. The Balaban J connectivity index is 2.11. The summed E-state index contributed by atoms with van der Waals surface area (Å²) in [5.41, 5.74) is 12.0. The molecule has 0 amide bonds. The third-order valence-electron chi connectivity index (χ3n) is 4.14. The van der Waals surface area contributed by atoms with Gasteiger partial charge in [0.25, 0.3) is 0 Å². The van der Waals surface area contributed by atoms with Crippen molar-refractivity contribution >= 4 is 22.2 Å². The minimum Gasteiger partial charge on any atom is -0.398 e. The number of fused-ring (bicyclic) bond motifs is 3. The third kappa shape index (κ3) is 1.77. The van der Waals surface area contributed by atoms with E-state index in [0.717, 1.165) is 33.8 Å². The van der Waals surface area contributed by atoms with Crippen LogP contribution >= 0.6 is 0 Å². The highest BCUT2D eigenvalue weighted by atomic mass is 15.2. The summed E-state index contributed by atoms with van der Waals surface area (Å²) in [5, 5.41) is 9.92. The number of rotatable bonds is 1. The van der Waals surface area contributed by atoms with Crippen LogP contribution in [0.15, 0.2) is 48.5 Å². The molecule has 0 aliphatic heterocycles. The van der Waals surface area contributed by atoms with Crippen molar-refractivity contribution in [3.63, 3.8) is 0 Å². The van der Waals surface area contributed by atoms with Crippen molar-refractivity contribution in [2.45, 2.75) is 13.8 Å². The average molecular weight is 288 g/mol. The summed E-state index contributed by atoms with van der Waals surface area (Å²) in [6, 6.07) is 16.4. The van der Waals surface area contributed by atoms with Gasteiger partial charge in [-0.3, -0.25) is 4.40 Å². The summed E-state index contributed by atoms with van der Waals surface area (Å²) in [7, 11) is 0. The monoisotopic (exact) mass is 288 g/mol. The average Bonchev–Trinajstić information content (AvgIpc) is 2.94. The number of para-hydroxylation sites is 1. The van der Waals surface area contributed by atoms with Crippen molar-refractivity contribution < 1.29 is 0 Å². The molecule has 0 fully saturated rings. The molecule has 4 nitrogen and oxygen atoms in total. The normalized spacial score (nSPS) is 11.4. The van der Waals surface area contributed by atoms with Crippen molar-refractivity contribution in [3.8, 4) is 11.4 Å². The molecule has 4 heteroatoms. The van der Waals surface area contributed by atoms with Crippen LogP contribution in [-0.2, 0) is 0 Å². The predicted octanol–water partition coefficient (Wildman–Crippen LogP) is 3.75. The van der Waals surface area contributed by atoms with Gasteiger partial charge >= 0.3 is 0 Å². The van der Waals surface area contributed by atoms with Gasteiger partial charge in [-0.15, -0.1) is 10.2 Å². The van der Waals surface area contributed by atoms with Crippen LogP contribution in [0, 0.1) is 13.8 Å². The van der Waals surface area contributed by atoms with Crippen LogP contribution in [0.3, 0.4) is 0 Å². The Hall–Kier alpha value is -2.88. The van der Waals surface area contributed by atoms with Gasteiger partial charge < -0.3 is 5.73 Å². The number of aromatic nitrogens is 3. The molecule has 2 N–H and O–H groups in total. The van der Waals surface area contributed by atoms with Gasteiger partial charge in [-0.1, -0.05) is 30.3 Å². The van der Waals surface area contributed by atoms with Crippen molar-refractivity contribution in [2.24, 2.45) is 0 Å². The van der Waals surface area contributed by atoms with Crippen LogP contribution in [0.2, 0.25) is 0 Å². The molecule has 0 radical (unpaired) electrons. The second-order valence-corrected chi connectivity index (χ2v) is 5.63. The molecule has 4 aromatic rings. The van der Waals surface area contributed by atoms with E-state index in [1.165, 1.54) is 10.9 Å². The van der Waals surface area contributed by atoms with E-state index in [2.05, 4.69) is 45.8 Å². The van der Waals surface area contributed by atoms with Crippen molar-refractivity contribution in [1.82, 2.24) is 14.6 Å². The highest BCUT2D eigenvalue weighted by Gasteiger charge is 2.13. The fourth-order valence-electron chi connectivity index (χ4n) is 2.87. The first-order valence-corrected chi connectivity index (χ1v) is 7.25. The molecule has 2 heterocycles. The lowest BCUT2D eigenvalue weighted by Gasteiger charge is -2.08. The molecule has 0 saturated carbocycles. The molecule has 0 bridgehead atoms. The molecule has 0 aliphatic carbocycles. The van der Waals surface area contributed by atoms with Gasteiger partial charge in [-0.2, -0.15) is 0 Å². The largest absolute Gasteiger partial charge is 0.398 e. The van der Waals surface area contributed by atoms with E-state index in [1.807, 2.05) is 31.2 Å². The lowest BCUT2D eigenvalue weighted by molar-refractivity contribution is 1.12. The first-order valence-electron chi connectivity index (χ1n) is 7.25. The molecule has 0 unspecified atom stereocenters. The van der Waals surface area contributed by atoms with Gasteiger partial charge in [-0.25, -0.2) is 0 Å². The van der Waals surface area contributed by atoms with E-state index in [1.54, 1.807) is 0 Å². The van der Waals surface area contributed by atoms with Crippen LogP contribution < -0.4 is 5.73 Å². The van der Waals surface area contributed by atoms with Crippen LogP contribution in [0.4, 0.5) is 5.69 Å². The molecular weight excluding hydrogens is 272 g/mol. The number of nitrogen functional groups attached to an aromatic ring is 1. The molecule has 0 atom stereocenters. The van der Waals surface area contributed by atoms with Crippen LogP contribution in [0.1, 0.15) is 11.1 Å². The smallest absolute Gasteiger partial charge is 0.168 e. The zero-order valence-electron chi connectivity index (χ0n) is 12.5. The molecule has 22 heavy (non-hydrogen) atoms. The summed E-state index contributed by atoms with van der Waals surface area (Å²) in [4.78, 5) is 0. The first-order chi connectivity index (χ1) is 10.6. The molecule has 0 aliphatic rings. The van der Waals surface area contributed by atoms with Crippen LogP contribution in [0.5, 0.6) is 0 Å². The molecular formula is C18H16N4. The number of nitrogens with two attached hydrogens (primary N) is 1. The maximum Gasteiger partial charge on any atom is 0.168 e. The molecule has 4 rings (SSSR count). The standard InChI is InChI=1S/C18H16N4/c1-11-7-8-13(10-15(11)19)18-21-20-17-9-12(2)14-5-3-4-6-16(14)22(17)18/h3-10H,19H2,1-2H3. The predicted molar refractivity (Wildman–Crippen MR) is 89.8 cm³/mol. The molecule has 108 valence electrons. The van der Waals surface area contributed by atoms with Gasteiger partial charge in [0.05, 0.1) is 5.52 Å². The van der Waals surface area contributed by atoms with E-state index in [9.17, 15) is 0 Å². The fraction of sp³-hybridized carbons (Fsp3) is 0.111. The zero-order valence-corrected chi connectivity index (χ0v) is 12.5. The lowest BCUT2D eigenvalue weighted by Crippen LogP contribution is -1.95. The number of pyridine rings is 1. The number of anilines is 1. The molecule has 0 spiro atoms. The molecule has 2 aromatic carbocycles. The summed E-state index contributed by atoms with van der Waals surface area (Å²) in [6.07, 6.45) is 0. The van der Waals surface area contributed by atoms with Gasteiger partial charge in [0.15, 0.2) is 11.5 Å². The Kier molecular flexibility index (Phi) is 2.66. The summed E-state index contributed by atoms with van der Waals surface area (Å²) >= 11 is 0. The summed E-state index contributed by atoms with van der Waals surface area (Å²) < 4.78 is 2.09. The number of aryl methyl sites for hydroxylation is 2. The minimum absolute atomic E-state index is 0.769. The van der Waals surface area contributed by atoms with Crippen molar-refractivity contribution in [3.05, 3.63) is 59.7 Å². The highest BCUT2D eigenvalue weighted by molar-refractivity contribution is 5.87. The van der Waals surface area contributed by atoms with E-state index in [4.69, 9.17) is 5.73 Å². The Morgan fingerprint density at radius 1 is 0.909 bits per heavy atom. The lowest BCUT2D eigenvalue weighted by atomic mass is 10.1. The number of benzene rings is 2. The minimum atomic E-state index is 0.769. The number of nitrogens with zero attached hydrogens (tertiary/aromatic N) is 3. The Morgan fingerprint density at radius 2 is 1.73 bits per heavy atom. The Labute approximate surface area is 128 Å². The maximum atomic E-state index is 6.05. The second kappa shape index (κ2) is 4.56. The SMILES string of the molecule is Cc1ccc(-c2nnc3cc(C)c4ccccc4n23)cc1N. The van der Waals surface area contributed by atoms with E-state index in [-0.39, 0.29) is 0 Å². The highest BCUT2D eigenvalue weighted by Crippen LogP contribution is 2.27. The topological polar surface area (TPSA) is 56.2 Å². The van der Waals surface area contributed by atoms with Crippen molar-refractivity contribution in [1.29, 1.82) is 0 Å². The zero-order chi connectivity index (χ0) is 15.3.